The second-order valence-corrected chi connectivity index (χ2v) is 7.52. The summed E-state index contributed by atoms with van der Waals surface area (Å²) in [6.07, 6.45) is 1.58. The van der Waals surface area contributed by atoms with Crippen LogP contribution < -0.4 is 10.2 Å². The molecule has 7 nitrogen and oxygen atoms in total. The van der Waals surface area contributed by atoms with E-state index < -0.39 is 6.09 Å². The first-order valence-electron chi connectivity index (χ1n) is 10.3. The number of para-hydroxylation sites is 1. The maximum atomic E-state index is 13.5. The standard InChI is InChI=1S/C23H27N3O4.ClH/c1-29-23(28)24-19-9-8-18-7-6-17-4-2-3-5-20(17)26(21(18)16-19)22(27)10-11-25-12-14-30-15-13-25;/h2-5,8-9,16H,6-7,10-15H2,1H3,(H,24,28);1H. The predicted octanol–water partition coefficient (Wildman–Crippen LogP) is 3.77. The molecule has 2 aromatic carbocycles. The summed E-state index contributed by atoms with van der Waals surface area (Å²) in [4.78, 5) is 29.2. The van der Waals surface area contributed by atoms with Gasteiger partial charge in [0.15, 0.2) is 0 Å². The lowest BCUT2D eigenvalue weighted by molar-refractivity contribution is -0.118. The molecule has 0 unspecified atom stereocenters. The Kier molecular flexibility index (Phi) is 7.90. The average Bonchev–Trinajstić information content (AvgIpc) is 2.94. The zero-order chi connectivity index (χ0) is 20.9. The molecule has 0 radical (unpaired) electrons. The first-order chi connectivity index (χ1) is 14.7. The van der Waals surface area contributed by atoms with Gasteiger partial charge in [-0.3, -0.25) is 19.9 Å². The van der Waals surface area contributed by atoms with Crippen molar-refractivity contribution in [3.8, 4) is 0 Å². The number of morpholine rings is 1. The van der Waals surface area contributed by atoms with Crippen LogP contribution in [0, 0.1) is 0 Å². The number of methoxy groups -OCH3 is 1. The van der Waals surface area contributed by atoms with Gasteiger partial charge in [0, 0.05) is 31.7 Å². The number of hydrogen-bond acceptors (Lipinski definition) is 5. The first kappa shape index (κ1) is 23.1. The quantitative estimate of drug-likeness (QED) is 0.775. The zero-order valence-electron chi connectivity index (χ0n) is 17.6. The third-order valence-corrected chi connectivity index (χ3v) is 5.65. The molecule has 1 N–H and O–H groups in total. The highest BCUT2D eigenvalue weighted by atomic mass is 35.5. The number of amides is 2. The van der Waals surface area contributed by atoms with E-state index in [1.54, 1.807) is 0 Å². The van der Waals surface area contributed by atoms with E-state index in [-0.39, 0.29) is 18.3 Å². The van der Waals surface area contributed by atoms with Crippen LogP contribution in [0.1, 0.15) is 17.5 Å². The molecule has 2 aliphatic heterocycles. The van der Waals surface area contributed by atoms with Crippen LogP contribution in [0.2, 0.25) is 0 Å². The van der Waals surface area contributed by atoms with Gasteiger partial charge < -0.3 is 9.47 Å². The number of benzene rings is 2. The van der Waals surface area contributed by atoms with Crippen molar-refractivity contribution in [3.05, 3.63) is 53.6 Å². The van der Waals surface area contributed by atoms with E-state index in [4.69, 9.17) is 9.47 Å². The van der Waals surface area contributed by atoms with Crippen LogP contribution in [0.25, 0.3) is 0 Å². The number of rotatable bonds is 4. The second-order valence-electron chi connectivity index (χ2n) is 7.52. The minimum Gasteiger partial charge on any atom is -0.453 e. The Hall–Kier alpha value is -2.61. The Balaban J connectivity index is 0.00000272. The third-order valence-electron chi connectivity index (χ3n) is 5.65. The summed E-state index contributed by atoms with van der Waals surface area (Å²) < 4.78 is 10.1. The lowest BCUT2D eigenvalue weighted by Gasteiger charge is -2.29. The summed E-state index contributed by atoms with van der Waals surface area (Å²) in [5, 5.41) is 2.71. The minimum absolute atomic E-state index is 0. The summed E-state index contributed by atoms with van der Waals surface area (Å²) in [7, 11) is 1.33. The Morgan fingerprint density at radius 2 is 1.74 bits per heavy atom. The molecule has 0 bridgehead atoms. The molecule has 2 aromatic rings. The van der Waals surface area contributed by atoms with Gasteiger partial charge in [-0.05, 0) is 42.2 Å². The predicted molar refractivity (Wildman–Crippen MR) is 123 cm³/mol. The van der Waals surface area contributed by atoms with Gasteiger partial charge in [-0.25, -0.2) is 4.79 Å². The number of halogens is 1. The highest BCUT2D eigenvalue weighted by Gasteiger charge is 2.26. The molecule has 2 amide bonds. The Bertz CT molecular complexity index is 931. The molecule has 166 valence electrons. The lowest BCUT2D eigenvalue weighted by Crippen LogP contribution is -2.39. The Morgan fingerprint density at radius 1 is 1.03 bits per heavy atom. The maximum absolute atomic E-state index is 13.5. The summed E-state index contributed by atoms with van der Waals surface area (Å²) in [5.41, 5.74) is 4.57. The van der Waals surface area contributed by atoms with Crippen LogP contribution in [-0.2, 0) is 27.1 Å². The van der Waals surface area contributed by atoms with Crippen LogP contribution in [0.15, 0.2) is 42.5 Å². The van der Waals surface area contributed by atoms with Gasteiger partial charge in [-0.2, -0.15) is 0 Å². The van der Waals surface area contributed by atoms with Gasteiger partial charge in [0.1, 0.15) is 0 Å². The summed E-state index contributed by atoms with van der Waals surface area (Å²) in [6, 6.07) is 13.7. The molecular weight excluding hydrogens is 418 g/mol. The van der Waals surface area contributed by atoms with Crippen molar-refractivity contribution < 1.29 is 19.1 Å². The van der Waals surface area contributed by atoms with E-state index in [1.165, 1.54) is 7.11 Å². The highest BCUT2D eigenvalue weighted by molar-refractivity contribution is 6.03. The first-order valence-corrected chi connectivity index (χ1v) is 10.3. The largest absolute Gasteiger partial charge is 0.453 e. The van der Waals surface area contributed by atoms with Crippen molar-refractivity contribution in [2.24, 2.45) is 0 Å². The van der Waals surface area contributed by atoms with Gasteiger partial charge in [0.25, 0.3) is 0 Å². The van der Waals surface area contributed by atoms with Crippen molar-refractivity contribution in [1.29, 1.82) is 0 Å². The number of ether oxygens (including phenoxy) is 2. The maximum Gasteiger partial charge on any atom is 0.411 e. The average molecular weight is 446 g/mol. The topological polar surface area (TPSA) is 71.1 Å². The SMILES string of the molecule is COC(=O)Nc1ccc2c(c1)N(C(=O)CCN1CCOCC1)c1ccccc1CC2.Cl. The zero-order valence-corrected chi connectivity index (χ0v) is 18.5. The summed E-state index contributed by atoms with van der Waals surface area (Å²) >= 11 is 0. The van der Waals surface area contributed by atoms with E-state index in [0.29, 0.717) is 31.9 Å². The monoisotopic (exact) mass is 445 g/mol. The van der Waals surface area contributed by atoms with Gasteiger partial charge >= 0.3 is 6.09 Å². The molecule has 4 rings (SSSR count). The number of anilines is 3. The third kappa shape index (κ3) is 5.36. The molecule has 2 heterocycles. The van der Waals surface area contributed by atoms with Crippen LogP contribution >= 0.6 is 12.4 Å². The molecule has 8 heteroatoms. The van der Waals surface area contributed by atoms with E-state index >= 15 is 0 Å². The number of aryl methyl sites for hydroxylation is 2. The minimum atomic E-state index is -0.533. The summed E-state index contributed by atoms with van der Waals surface area (Å²) in [6.45, 7) is 3.84. The number of carbonyl (C=O) groups is 2. The van der Waals surface area contributed by atoms with Crippen molar-refractivity contribution in [1.82, 2.24) is 4.90 Å². The van der Waals surface area contributed by atoms with Crippen molar-refractivity contribution in [2.45, 2.75) is 19.3 Å². The number of carbonyl (C=O) groups excluding carboxylic acids is 2. The summed E-state index contributed by atoms with van der Waals surface area (Å²) in [5.74, 6) is 0.0484. The fourth-order valence-electron chi connectivity index (χ4n) is 4.03. The highest BCUT2D eigenvalue weighted by Crippen LogP contribution is 2.38. The smallest absolute Gasteiger partial charge is 0.411 e. The molecule has 0 atom stereocenters. The molecule has 1 fully saturated rings. The molecule has 0 aromatic heterocycles. The van der Waals surface area contributed by atoms with Crippen LogP contribution in [0.5, 0.6) is 0 Å². The van der Waals surface area contributed by atoms with Gasteiger partial charge in [0.05, 0.1) is 31.7 Å². The van der Waals surface area contributed by atoms with Crippen molar-refractivity contribution in [2.75, 3.05) is 50.2 Å². The van der Waals surface area contributed by atoms with Crippen molar-refractivity contribution in [3.63, 3.8) is 0 Å². The molecular formula is C23H28ClN3O4. The van der Waals surface area contributed by atoms with E-state index in [0.717, 1.165) is 48.4 Å². The fraction of sp³-hybridized carbons (Fsp3) is 0.391. The number of fused-ring (bicyclic) bond motifs is 2. The Labute approximate surface area is 188 Å². The van der Waals surface area contributed by atoms with E-state index in [2.05, 4.69) is 16.3 Å². The molecule has 0 aliphatic carbocycles. The molecule has 0 saturated carbocycles. The van der Waals surface area contributed by atoms with Crippen LogP contribution in [0.3, 0.4) is 0 Å². The number of hydrogen-bond donors (Lipinski definition) is 1. The van der Waals surface area contributed by atoms with E-state index in [1.807, 2.05) is 41.3 Å². The fourth-order valence-corrected chi connectivity index (χ4v) is 4.03. The Morgan fingerprint density at radius 3 is 2.48 bits per heavy atom. The van der Waals surface area contributed by atoms with Crippen LogP contribution in [-0.4, -0.2) is 56.9 Å². The van der Waals surface area contributed by atoms with Crippen LogP contribution in [0.4, 0.5) is 21.9 Å². The van der Waals surface area contributed by atoms with Gasteiger partial charge in [-0.15, -0.1) is 12.4 Å². The van der Waals surface area contributed by atoms with Gasteiger partial charge in [-0.1, -0.05) is 24.3 Å². The number of nitrogens with one attached hydrogen (secondary N) is 1. The van der Waals surface area contributed by atoms with E-state index in [9.17, 15) is 9.59 Å². The lowest BCUT2D eigenvalue weighted by atomic mass is 10.0. The molecule has 2 aliphatic rings. The normalized spacial score (nSPS) is 15.7. The number of nitrogens with zero attached hydrogens (tertiary/aromatic N) is 2. The second kappa shape index (κ2) is 10.6. The molecule has 1 saturated heterocycles. The van der Waals surface area contributed by atoms with Gasteiger partial charge in [0.2, 0.25) is 5.91 Å². The molecule has 0 spiro atoms. The van der Waals surface area contributed by atoms with Crippen molar-refractivity contribution >= 4 is 41.5 Å². The molecule has 31 heavy (non-hydrogen) atoms.